The van der Waals surface area contributed by atoms with Crippen LogP contribution in [-0.2, 0) is 22.7 Å². The minimum atomic E-state index is -2.42. The Labute approximate surface area is 116 Å². The van der Waals surface area contributed by atoms with Crippen molar-refractivity contribution in [2.45, 2.75) is 64.1 Å². The second-order valence-electron chi connectivity index (χ2n) is 6.36. The molecule has 0 bridgehead atoms. The molecule has 0 amide bonds. The molecule has 0 N–H and O–H groups in total. The van der Waals surface area contributed by atoms with E-state index >= 15 is 0 Å². The van der Waals surface area contributed by atoms with E-state index < -0.39 is 13.7 Å². The van der Waals surface area contributed by atoms with E-state index in [0.29, 0.717) is 0 Å². The fourth-order valence-electron chi connectivity index (χ4n) is 0.502. The molecule has 0 radical (unpaired) electrons. The molecule has 0 aliphatic carbocycles. The first-order chi connectivity index (χ1) is 7.41. The van der Waals surface area contributed by atoms with Crippen molar-refractivity contribution in [2.24, 2.45) is 15.4 Å². The van der Waals surface area contributed by atoms with Crippen LogP contribution in [0.1, 0.15) is 41.5 Å². The van der Waals surface area contributed by atoms with Gasteiger partial charge >= 0.3 is 116 Å². The quantitative estimate of drug-likeness (QED) is 0.679. The molecule has 100 valence electrons. The molecule has 0 saturated heterocycles. The zero-order chi connectivity index (χ0) is 13.7. The molecule has 0 aromatic rings. The van der Waals surface area contributed by atoms with Crippen molar-refractivity contribution < 1.29 is 0 Å². The van der Waals surface area contributed by atoms with Gasteiger partial charge in [0.2, 0.25) is 0 Å². The number of hydrogen-bond donors (Lipinski definition) is 0. The molecule has 7 heteroatoms. The maximum atomic E-state index is 4.55. The van der Waals surface area contributed by atoms with Gasteiger partial charge in [-0.2, -0.15) is 0 Å². The van der Waals surface area contributed by atoms with Crippen LogP contribution in [0, 0.1) is 0 Å². The molecular weight excluding hydrogens is 313 g/mol. The molecule has 0 rings (SSSR count). The molecule has 0 aromatic carbocycles. The van der Waals surface area contributed by atoms with Gasteiger partial charge in [0.1, 0.15) is 0 Å². The van der Waals surface area contributed by atoms with Gasteiger partial charge in [-0.05, 0) is 0 Å². The summed E-state index contributed by atoms with van der Waals surface area (Å²) in [5.74, 6) is 4.27. The van der Waals surface area contributed by atoms with Crippen LogP contribution in [0.25, 0.3) is 0 Å². The van der Waals surface area contributed by atoms with E-state index in [-0.39, 0.29) is 11.1 Å². The zero-order valence-corrected chi connectivity index (χ0v) is 15.8. The zero-order valence-electron chi connectivity index (χ0n) is 12.1. The fraction of sp³-hybridized carbons (Fsp3) is 1.00. The van der Waals surface area contributed by atoms with Gasteiger partial charge in [0, 0.05) is 0 Å². The first-order valence-corrected chi connectivity index (χ1v) is 13.2. The Hall–Kier alpha value is 0.183. The van der Waals surface area contributed by atoms with Crippen LogP contribution >= 0.6 is 0 Å². The summed E-state index contributed by atoms with van der Waals surface area (Å²) >= 11 is 0.200. The van der Waals surface area contributed by atoms with Crippen molar-refractivity contribution in [3.05, 3.63) is 0 Å². The van der Waals surface area contributed by atoms with E-state index in [9.17, 15) is 0 Å². The first kappa shape index (κ1) is 17.2. The maximum absolute atomic E-state index is 4.55. The molecule has 0 aromatic heterocycles. The summed E-state index contributed by atoms with van der Waals surface area (Å²) in [4.78, 5) is 0. The van der Waals surface area contributed by atoms with Crippen molar-refractivity contribution in [2.75, 3.05) is 0 Å². The molecule has 0 fully saturated rings. The summed E-state index contributed by atoms with van der Waals surface area (Å²) in [5.41, 5.74) is -0.0924. The van der Waals surface area contributed by atoms with E-state index in [0.717, 1.165) is 0 Å². The molecule has 17 heavy (non-hydrogen) atoms. The molecule has 0 aliphatic heterocycles. The predicted octanol–water partition coefficient (Wildman–Crippen LogP) is 4.18. The average Bonchev–Trinajstić information content (AvgIpc) is 1.96. The van der Waals surface area contributed by atoms with Gasteiger partial charge in [-0.3, -0.25) is 0 Å². The minimum absolute atomic E-state index is 0.0462. The van der Waals surface area contributed by atoms with E-state index in [1.807, 2.05) is 0 Å². The molecule has 0 unspecified atom stereocenters. The summed E-state index contributed by atoms with van der Waals surface area (Å²) in [6, 6.07) is 0. The van der Waals surface area contributed by atoms with Crippen LogP contribution in [0.15, 0.2) is 15.4 Å². The summed E-state index contributed by atoms with van der Waals surface area (Å²) in [6.07, 6.45) is 0. The van der Waals surface area contributed by atoms with Crippen molar-refractivity contribution in [1.29, 1.82) is 0 Å². The summed E-state index contributed by atoms with van der Waals surface area (Å²) in [5, 5.41) is 0. The van der Waals surface area contributed by atoms with E-state index in [1.54, 1.807) is 0 Å². The van der Waals surface area contributed by atoms with Gasteiger partial charge in [-0.1, -0.05) is 0 Å². The van der Waals surface area contributed by atoms with Crippen molar-refractivity contribution in [3.8, 4) is 0 Å². The van der Waals surface area contributed by atoms with Gasteiger partial charge in [0.05, 0.1) is 0 Å². The van der Waals surface area contributed by atoms with Crippen molar-refractivity contribution in [1.82, 2.24) is 0 Å². The monoisotopic (exact) mass is 338 g/mol. The third-order valence-corrected chi connectivity index (χ3v) is 10.1. The van der Waals surface area contributed by atoms with Crippen LogP contribution in [-0.4, -0.2) is 24.8 Å². The van der Waals surface area contributed by atoms with Gasteiger partial charge in [0.25, 0.3) is 0 Å². The Kier molecular flexibility index (Phi) is 6.45. The Morgan fingerprint density at radius 3 is 1.24 bits per heavy atom. The number of rotatable bonds is 2. The van der Waals surface area contributed by atoms with E-state index in [4.69, 9.17) is 0 Å². The van der Waals surface area contributed by atoms with Crippen LogP contribution in [0.5, 0.6) is 0 Å². The van der Waals surface area contributed by atoms with Crippen LogP contribution in [0.4, 0.5) is 0 Å². The normalized spacial score (nSPS) is 12.7. The molecule has 0 atom stereocenters. The molecule has 4 nitrogen and oxygen atoms in total. The van der Waals surface area contributed by atoms with Gasteiger partial charge < -0.3 is 0 Å². The number of nitrogens with zero attached hydrogens (tertiary/aromatic N) is 4. The SMILES string of the molecule is CC(C)(C)N=S=[N][Ge]([CH3])([CH3])[N]=S=NC(C)(C)C. The Bertz CT molecular complexity index is 342. The third-order valence-electron chi connectivity index (χ3n) is 1.16. The second kappa shape index (κ2) is 6.38. The first-order valence-electron chi connectivity index (χ1n) is 5.62. The predicted molar refractivity (Wildman–Crippen MR) is 81.4 cm³/mol. The van der Waals surface area contributed by atoms with Crippen LogP contribution in [0.3, 0.4) is 0 Å². The Morgan fingerprint density at radius 2 is 1.00 bits per heavy atom. The van der Waals surface area contributed by atoms with Gasteiger partial charge in [-0.25, -0.2) is 0 Å². The average molecular weight is 337 g/mol. The molecule has 0 saturated carbocycles. The Morgan fingerprint density at radius 1 is 0.706 bits per heavy atom. The standard InChI is InChI=1S/C10H24GeN4S2/c1-9(2,3)12-16-14-11(7,8)15-17-13-10(4,5)6/h1-8H3. The molecule has 0 heterocycles. The second-order valence-corrected chi connectivity index (χ2v) is 16.0. The van der Waals surface area contributed by atoms with Crippen molar-refractivity contribution in [3.63, 3.8) is 0 Å². The molecule has 0 spiro atoms. The van der Waals surface area contributed by atoms with Crippen LogP contribution < -0.4 is 0 Å². The van der Waals surface area contributed by atoms with Crippen molar-refractivity contribution >= 4 is 36.4 Å². The number of hydrogen-bond acceptors (Lipinski definition) is 4. The summed E-state index contributed by atoms with van der Waals surface area (Å²) in [7, 11) is 0. The summed E-state index contributed by atoms with van der Waals surface area (Å²) in [6.45, 7) is 12.4. The van der Waals surface area contributed by atoms with Crippen LogP contribution in [0.2, 0.25) is 11.5 Å². The Balaban J connectivity index is 4.83. The third kappa shape index (κ3) is 12.4. The van der Waals surface area contributed by atoms with Gasteiger partial charge in [0.15, 0.2) is 0 Å². The van der Waals surface area contributed by atoms with E-state index in [1.165, 1.54) is 22.7 Å². The summed E-state index contributed by atoms with van der Waals surface area (Å²) < 4.78 is 17.9. The van der Waals surface area contributed by atoms with E-state index in [2.05, 4.69) is 68.4 Å². The fourth-order valence-corrected chi connectivity index (χ4v) is 5.27. The molecular formula is C10H24GeN4S2. The van der Waals surface area contributed by atoms with Gasteiger partial charge in [-0.15, -0.1) is 0 Å². The topological polar surface area (TPSA) is 49.4 Å². The molecule has 0 aliphatic rings.